The minimum absolute atomic E-state index is 0.00546. The van der Waals surface area contributed by atoms with Crippen molar-refractivity contribution in [1.29, 1.82) is 0 Å². The van der Waals surface area contributed by atoms with Gasteiger partial charge in [-0.3, -0.25) is 14.9 Å². The number of carbonyl (C=O) groups excluding carboxylic acids is 2. The molecule has 0 bridgehead atoms. The fourth-order valence-corrected chi connectivity index (χ4v) is 3.29. The minimum atomic E-state index is -1.04. The third kappa shape index (κ3) is 4.29. The van der Waals surface area contributed by atoms with E-state index in [1.165, 1.54) is 6.08 Å². The maximum Gasteiger partial charge on any atom is 0.409 e. The second-order valence-electron chi connectivity index (χ2n) is 6.82. The lowest BCUT2D eigenvalue weighted by Gasteiger charge is -2.21. The fraction of sp³-hybridized carbons (Fsp3) is 0.316. The van der Waals surface area contributed by atoms with Gasteiger partial charge in [0.2, 0.25) is 11.6 Å². The summed E-state index contributed by atoms with van der Waals surface area (Å²) in [5.41, 5.74) is 2.48. The van der Waals surface area contributed by atoms with E-state index in [-0.39, 0.29) is 11.6 Å². The molecule has 0 aromatic heterocycles. The van der Waals surface area contributed by atoms with Gasteiger partial charge in [0, 0.05) is 54.6 Å². The van der Waals surface area contributed by atoms with E-state index < -0.39 is 6.09 Å². The topological polar surface area (TPSA) is 92.5 Å². The highest BCUT2D eigenvalue weighted by molar-refractivity contribution is 14.1. The van der Waals surface area contributed by atoms with Crippen molar-refractivity contribution in [2.24, 2.45) is 0 Å². The van der Waals surface area contributed by atoms with Gasteiger partial charge in [-0.15, -0.1) is 0 Å². The van der Waals surface area contributed by atoms with Crippen LogP contribution in [0.3, 0.4) is 0 Å². The summed E-state index contributed by atoms with van der Waals surface area (Å²) in [6, 6.07) is 7.11. The van der Waals surface area contributed by atoms with E-state index >= 15 is 0 Å². The van der Waals surface area contributed by atoms with Crippen molar-refractivity contribution >= 4 is 45.9 Å². The van der Waals surface area contributed by atoms with Gasteiger partial charge < -0.3 is 19.8 Å². The van der Waals surface area contributed by atoms with E-state index in [0.29, 0.717) is 22.8 Å². The average Bonchev–Trinajstić information content (AvgIpc) is 3.49. The lowest BCUT2D eigenvalue weighted by atomic mass is 10.0. The number of hydrogen-bond acceptors (Lipinski definition) is 6. The number of anilines is 1. The Kier molecular flexibility index (Phi) is 5.00. The average molecular weight is 494 g/mol. The van der Waals surface area contributed by atoms with Crippen LogP contribution in [-0.2, 0) is 9.59 Å². The van der Waals surface area contributed by atoms with Crippen LogP contribution in [0.4, 0.5) is 10.5 Å². The molecule has 3 saturated heterocycles. The summed E-state index contributed by atoms with van der Waals surface area (Å²) in [7, 11) is 0. The van der Waals surface area contributed by atoms with Crippen LogP contribution >= 0.6 is 22.6 Å². The maximum atomic E-state index is 12.4. The first-order valence-corrected chi connectivity index (χ1v) is 10.1. The van der Waals surface area contributed by atoms with Gasteiger partial charge in [0.1, 0.15) is 11.4 Å². The van der Waals surface area contributed by atoms with Gasteiger partial charge in [-0.1, -0.05) is 0 Å². The van der Waals surface area contributed by atoms with Crippen molar-refractivity contribution in [1.82, 2.24) is 14.7 Å². The lowest BCUT2D eigenvalue weighted by Crippen LogP contribution is -2.29. The summed E-state index contributed by atoms with van der Waals surface area (Å²) in [4.78, 5) is 40.6. The molecule has 28 heavy (non-hydrogen) atoms. The van der Waals surface area contributed by atoms with Crippen LogP contribution in [0.25, 0.3) is 0 Å². The first-order chi connectivity index (χ1) is 13.4. The minimum Gasteiger partial charge on any atom is -0.465 e. The number of ketones is 2. The molecule has 5 rings (SSSR count). The summed E-state index contributed by atoms with van der Waals surface area (Å²) >= 11 is 2.15. The second-order valence-corrected chi connectivity index (χ2v) is 8.06. The molecule has 0 saturated carbocycles. The zero-order valence-electron chi connectivity index (χ0n) is 15.0. The summed E-state index contributed by atoms with van der Waals surface area (Å²) < 4.78 is 1.08. The number of halogens is 1. The number of Topliss-reactive ketones (excluding diaryl/α,β-unsaturated/α-hetero) is 1. The molecular formula is C19H19IN4O4. The third-order valence-corrected chi connectivity index (χ3v) is 5.30. The van der Waals surface area contributed by atoms with Gasteiger partial charge in [-0.25, -0.2) is 4.79 Å². The highest BCUT2D eigenvalue weighted by atomic mass is 127. The number of benzene rings is 1. The van der Waals surface area contributed by atoms with E-state index in [1.807, 2.05) is 26.8 Å². The van der Waals surface area contributed by atoms with Crippen molar-refractivity contribution in [3.05, 3.63) is 51.0 Å². The molecule has 3 aliphatic heterocycles. The number of nitrogens with one attached hydrogen (secondary N) is 1. The summed E-state index contributed by atoms with van der Waals surface area (Å²) in [6.45, 7) is 5.41. The Hall–Kier alpha value is -2.56. The number of rotatable bonds is 4. The SMILES string of the molecule is O=C(O)Nc1ccc(I)cc1.O=C1C=C(N2CC2)C(=O)C(N2CC2)=C1N1CC1. The molecule has 1 aromatic rings. The zero-order valence-corrected chi connectivity index (χ0v) is 17.2. The summed E-state index contributed by atoms with van der Waals surface area (Å²) in [6.07, 6.45) is 0.488. The first kappa shape index (κ1) is 18.8. The standard InChI is InChI=1S/C12H13N3O2.C7H6INO2/c16-9-7-8(13-1-2-13)12(17)11(15-5-6-15)10(9)14-3-4-14;8-5-1-3-6(4-2-5)9-7(10)11/h7H,1-6H2;1-4,9H,(H,10,11). The number of amides is 1. The quantitative estimate of drug-likeness (QED) is 0.373. The van der Waals surface area contributed by atoms with E-state index in [0.717, 1.165) is 42.8 Å². The molecular weight excluding hydrogens is 475 g/mol. The normalized spacial score (nSPS) is 19.8. The van der Waals surface area contributed by atoms with Crippen LogP contribution in [0.15, 0.2) is 47.4 Å². The Balaban J connectivity index is 0.000000153. The predicted octanol–water partition coefficient (Wildman–Crippen LogP) is 1.56. The molecule has 1 amide bonds. The largest absolute Gasteiger partial charge is 0.465 e. The molecule has 1 aliphatic carbocycles. The fourth-order valence-electron chi connectivity index (χ4n) is 2.93. The molecule has 146 valence electrons. The smallest absolute Gasteiger partial charge is 0.409 e. The van der Waals surface area contributed by atoms with Crippen LogP contribution < -0.4 is 5.32 Å². The second kappa shape index (κ2) is 7.46. The van der Waals surface area contributed by atoms with E-state index in [2.05, 4.69) is 27.9 Å². The van der Waals surface area contributed by atoms with Gasteiger partial charge in [-0.2, -0.15) is 0 Å². The van der Waals surface area contributed by atoms with Gasteiger partial charge >= 0.3 is 6.09 Å². The number of allylic oxidation sites excluding steroid dienone is 1. The molecule has 8 nitrogen and oxygen atoms in total. The van der Waals surface area contributed by atoms with E-state index in [9.17, 15) is 14.4 Å². The van der Waals surface area contributed by atoms with Crippen molar-refractivity contribution in [3.63, 3.8) is 0 Å². The molecule has 2 N–H and O–H groups in total. The van der Waals surface area contributed by atoms with Gasteiger partial charge in [0.15, 0.2) is 0 Å². The predicted molar refractivity (Wildman–Crippen MR) is 111 cm³/mol. The van der Waals surface area contributed by atoms with Crippen LogP contribution in [-0.4, -0.2) is 76.7 Å². The Labute approximate surface area is 175 Å². The van der Waals surface area contributed by atoms with E-state index in [4.69, 9.17) is 5.11 Å². The summed E-state index contributed by atoms with van der Waals surface area (Å²) in [5, 5.41) is 10.6. The van der Waals surface area contributed by atoms with Crippen molar-refractivity contribution < 1.29 is 19.5 Å². The molecule has 9 heteroatoms. The highest BCUT2D eigenvalue weighted by Crippen LogP contribution is 2.33. The number of carboxylic acid groups (broad SMARTS) is 1. The molecule has 0 radical (unpaired) electrons. The summed E-state index contributed by atoms with van der Waals surface area (Å²) in [5.74, 6) is 0.0485. The van der Waals surface area contributed by atoms with Crippen LogP contribution in [0.5, 0.6) is 0 Å². The number of nitrogens with zero attached hydrogens (tertiary/aromatic N) is 3. The Morgan fingerprint density at radius 3 is 1.93 bits per heavy atom. The Morgan fingerprint density at radius 1 is 0.893 bits per heavy atom. The van der Waals surface area contributed by atoms with E-state index in [1.54, 1.807) is 12.1 Å². The molecule has 1 aromatic carbocycles. The maximum absolute atomic E-state index is 12.4. The Bertz CT molecular complexity index is 897. The third-order valence-electron chi connectivity index (χ3n) is 4.58. The van der Waals surface area contributed by atoms with Gasteiger partial charge in [0.05, 0.1) is 5.70 Å². The molecule has 0 unspecified atom stereocenters. The van der Waals surface area contributed by atoms with Gasteiger partial charge in [0.25, 0.3) is 0 Å². The number of hydrogen-bond donors (Lipinski definition) is 2. The van der Waals surface area contributed by atoms with Crippen LogP contribution in [0.2, 0.25) is 0 Å². The molecule has 0 spiro atoms. The van der Waals surface area contributed by atoms with Crippen molar-refractivity contribution in [2.75, 3.05) is 44.6 Å². The van der Waals surface area contributed by atoms with Crippen LogP contribution in [0, 0.1) is 3.57 Å². The molecule has 4 aliphatic rings. The van der Waals surface area contributed by atoms with Gasteiger partial charge in [-0.05, 0) is 46.9 Å². The lowest BCUT2D eigenvalue weighted by molar-refractivity contribution is -0.117. The Morgan fingerprint density at radius 2 is 1.43 bits per heavy atom. The molecule has 0 atom stereocenters. The molecule has 3 heterocycles. The number of carbonyl (C=O) groups is 3. The first-order valence-electron chi connectivity index (χ1n) is 8.99. The molecule has 3 fully saturated rings. The van der Waals surface area contributed by atoms with Crippen LogP contribution in [0.1, 0.15) is 0 Å². The highest BCUT2D eigenvalue weighted by Gasteiger charge is 2.43. The zero-order chi connectivity index (χ0) is 19.8. The van der Waals surface area contributed by atoms with Crippen molar-refractivity contribution in [3.8, 4) is 0 Å². The monoisotopic (exact) mass is 494 g/mol. The van der Waals surface area contributed by atoms with Crippen molar-refractivity contribution in [2.45, 2.75) is 0 Å².